The molecule has 1 unspecified atom stereocenters. The molecule has 2 aliphatic rings. The Kier molecular flexibility index (Phi) is 5.43. The first-order chi connectivity index (χ1) is 14.4. The van der Waals surface area contributed by atoms with Crippen LogP contribution in [0, 0.1) is 31.1 Å². The molecule has 4 rings (SSSR count). The number of fused-ring (bicyclic) bond motifs is 1. The molecule has 7 heteroatoms. The summed E-state index contributed by atoms with van der Waals surface area (Å²) in [4.78, 5) is 0.417. The van der Waals surface area contributed by atoms with Crippen molar-refractivity contribution in [3.63, 3.8) is 0 Å². The van der Waals surface area contributed by atoms with Gasteiger partial charge in [-0.2, -0.15) is 8.42 Å². The number of sulfonamides is 1. The Morgan fingerprint density at radius 1 is 0.871 bits per heavy atom. The van der Waals surface area contributed by atoms with Gasteiger partial charge in [0.2, 0.25) is 0 Å². The fourth-order valence-electron chi connectivity index (χ4n) is 4.75. The maximum absolute atomic E-state index is 14.2. The van der Waals surface area contributed by atoms with Crippen LogP contribution in [0.4, 0.5) is 0 Å². The predicted molar refractivity (Wildman–Crippen MR) is 124 cm³/mol. The molecule has 1 fully saturated rings. The third-order valence-electron chi connectivity index (χ3n) is 6.69. The molecular weight excluding hydrogens is 428 g/mol. The van der Waals surface area contributed by atoms with E-state index in [4.69, 9.17) is 0 Å². The third-order valence-corrected chi connectivity index (χ3v) is 10.7. The molecular formula is C24H30N2O3S2. The molecule has 0 bridgehead atoms. The Bertz CT molecular complexity index is 1250. The number of benzene rings is 2. The lowest BCUT2D eigenvalue weighted by atomic mass is 9.98. The summed E-state index contributed by atoms with van der Waals surface area (Å²) in [5, 5.41) is 0. The number of allylic oxidation sites excluding steroid dienone is 1. The maximum Gasteiger partial charge on any atom is 0.291 e. The monoisotopic (exact) mass is 458 g/mol. The van der Waals surface area contributed by atoms with Gasteiger partial charge in [0.15, 0.2) is 9.92 Å². The first-order valence-corrected chi connectivity index (χ1v) is 13.5. The Morgan fingerprint density at radius 3 is 1.94 bits per heavy atom. The Labute approximate surface area is 186 Å². The number of hydrogen-bond donors (Lipinski definition) is 1. The molecule has 1 saturated carbocycles. The van der Waals surface area contributed by atoms with E-state index in [0.29, 0.717) is 16.7 Å². The summed E-state index contributed by atoms with van der Waals surface area (Å²) in [7, 11) is -7.56. The highest BCUT2D eigenvalue weighted by Gasteiger charge is 2.61. The number of nitrogens with one attached hydrogen (secondary N) is 1. The van der Waals surface area contributed by atoms with Crippen LogP contribution in [0.5, 0.6) is 0 Å². The molecule has 0 aromatic heterocycles. The van der Waals surface area contributed by atoms with E-state index < -0.39 is 19.9 Å². The van der Waals surface area contributed by atoms with E-state index >= 15 is 0 Å². The standard InChI is InChI=1S/C24H30N2O3S2/c1-16-6-10-19(11-7-16)30(27,26-31(28,29)20-12-8-17(2)9-13-20)25-22-15-18(3)14-21-23(22)24(21,4)5/h6-13,15,21-23H,14H2,1-5H3,(H,25,26,27)/t21-,22-,23-,30?/m0/s1. The Morgan fingerprint density at radius 2 is 1.39 bits per heavy atom. The van der Waals surface area contributed by atoms with Gasteiger partial charge >= 0.3 is 0 Å². The normalized spacial score (nSPS) is 26.4. The van der Waals surface area contributed by atoms with E-state index in [1.54, 1.807) is 24.3 Å². The van der Waals surface area contributed by atoms with Crippen molar-refractivity contribution in [1.82, 2.24) is 4.72 Å². The number of rotatable bonds is 5. The van der Waals surface area contributed by atoms with Crippen molar-refractivity contribution in [3.8, 4) is 0 Å². The van der Waals surface area contributed by atoms with Crippen LogP contribution in [0.1, 0.15) is 38.3 Å². The van der Waals surface area contributed by atoms with Crippen molar-refractivity contribution >= 4 is 19.9 Å². The lowest BCUT2D eigenvalue weighted by Crippen LogP contribution is -2.37. The highest BCUT2D eigenvalue weighted by atomic mass is 32.3. The lowest BCUT2D eigenvalue weighted by Gasteiger charge is -2.23. The van der Waals surface area contributed by atoms with Crippen LogP contribution < -0.4 is 4.72 Å². The molecule has 1 N–H and O–H groups in total. The van der Waals surface area contributed by atoms with Gasteiger partial charge in [-0.05, 0) is 68.7 Å². The molecule has 0 spiro atoms. The van der Waals surface area contributed by atoms with Gasteiger partial charge in [-0.3, -0.25) is 0 Å². The van der Waals surface area contributed by atoms with Crippen LogP contribution >= 0.6 is 0 Å². The van der Waals surface area contributed by atoms with E-state index in [9.17, 15) is 12.6 Å². The average Bonchev–Trinajstić information content (AvgIpc) is 3.22. The molecule has 2 aromatic carbocycles. The molecule has 0 aliphatic heterocycles. The molecule has 166 valence electrons. The molecule has 31 heavy (non-hydrogen) atoms. The van der Waals surface area contributed by atoms with Crippen LogP contribution in [0.15, 0.2) is 73.7 Å². The summed E-state index contributed by atoms with van der Waals surface area (Å²) < 4.78 is 47.7. The second-order valence-electron chi connectivity index (χ2n) is 9.52. The van der Waals surface area contributed by atoms with Crippen molar-refractivity contribution in [2.75, 3.05) is 0 Å². The Balaban J connectivity index is 1.82. The molecule has 5 nitrogen and oxygen atoms in total. The van der Waals surface area contributed by atoms with Crippen molar-refractivity contribution < 1.29 is 12.6 Å². The number of nitrogens with zero attached hydrogens (tertiary/aromatic N) is 1. The predicted octanol–water partition coefficient (Wildman–Crippen LogP) is 5.01. The summed E-state index contributed by atoms with van der Waals surface area (Å²) >= 11 is 0. The van der Waals surface area contributed by atoms with E-state index in [1.807, 2.05) is 26.0 Å². The highest BCUT2D eigenvalue weighted by Crippen LogP contribution is 2.64. The van der Waals surface area contributed by atoms with Gasteiger partial charge in [0, 0.05) is 6.04 Å². The topological polar surface area (TPSA) is 75.6 Å². The molecule has 0 heterocycles. The molecule has 2 aliphatic carbocycles. The Hall–Kier alpha value is -1.96. The largest absolute Gasteiger partial charge is 0.291 e. The van der Waals surface area contributed by atoms with E-state index in [2.05, 4.69) is 35.3 Å². The second-order valence-corrected chi connectivity index (χ2v) is 13.3. The van der Waals surface area contributed by atoms with Crippen LogP contribution in [-0.2, 0) is 19.9 Å². The zero-order valence-electron chi connectivity index (χ0n) is 18.6. The van der Waals surface area contributed by atoms with Gasteiger partial charge in [-0.25, -0.2) is 8.93 Å². The van der Waals surface area contributed by atoms with Crippen molar-refractivity contribution in [2.45, 2.75) is 56.9 Å². The first-order valence-electron chi connectivity index (χ1n) is 10.5. The summed E-state index contributed by atoms with van der Waals surface area (Å²) in [6, 6.07) is 13.3. The van der Waals surface area contributed by atoms with Crippen LogP contribution in [-0.4, -0.2) is 18.7 Å². The first kappa shape index (κ1) is 22.2. The summed E-state index contributed by atoms with van der Waals surface area (Å²) in [5.41, 5.74) is 3.30. The highest BCUT2D eigenvalue weighted by molar-refractivity contribution is 8.02. The van der Waals surface area contributed by atoms with Gasteiger partial charge < -0.3 is 0 Å². The summed E-state index contributed by atoms with van der Waals surface area (Å²) in [5.74, 6) is 0.810. The lowest BCUT2D eigenvalue weighted by molar-refractivity contribution is 0.503. The van der Waals surface area contributed by atoms with Gasteiger partial charge in [0.25, 0.3) is 10.0 Å². The minimum Gasteiger partial charge on any atom is -0.228 e. The minimum absolute atomic E-state index is 0.0414. The fourth-order valence-corrected chi connectivity index (χ4v) is 8.42. The van der Waals surface area contributed by atoms with Crippen LogP contribution in [0.25, 0.3) is 0 Å². The van der Waals surface area contributed by atoms with E-state index in [1.165, 1.54) is 17.7 Å². The fraction of sp³-hybridized carbons (Fsp3) is 0.417. The van der Waals surface area contributed by atoms with Crippen LogP contribution in [0.2, 0.25) is 0 Å². The van der Waals surface area contributed by atoms with Crippen LogP contribution in [0.3, 0.4) is 0 Å². The zero-order chi connectivity index (χ0) is 22.6. The summed E-state index contributed by atoms with van der Waals surface area (Å²) in [6.45, 7) is 10.3. The molecule has 0 saturated heterocycles. The minimum atomic E-state index is -4.12. The van der Waals surface area contributed by atoms with Crippen molar-refractivity contribution in [3.05, 3.63) is 71.3 Å². The maximum atomic E-state index is 14.2. The van der Waals surface area contributed by atoms with E-state index in [0.717, 1.165) is 17.5 Å². The molecule has 0 amide bonds. The summed E-state index contributed by atoms with van der Waals surface area (Å²) in [6.07, 6.45) is 3.12. The zero-order valence-corrected chi connectivity index (χ0v) is 20.3. The molecule has 4 atom stereocenters. The van der Waals surface area contributed by atoms with Gasteiger partial charge in [-0.1, -0.05) is 64.7 Å². The van der Waals surface area contributed by atoms with Gasteiger partial charge in [0.1, 0.15) is 0 Å². The second kappa shape index (κ2) is 7.57. The van der Waals surface area contributed by atoms with Gasteiger partial charge in [-0.15, -0.1) is 0 Å². The number of hydrogen-bond acceptors (Lipinski definition) is 3. The van der Waals surface area contributed by atoms with Crippen molar-refractivity contribution in [2.24, 2.45) is 21.0 Å². The van der Waals surface area contributed by atoms with E-state index in [-0.39, 0.29) is 16.4 Å². The van der Waals surface area contributed by atoms with Gasteiger partial charge in [0.05, 0.1) is 9.79 Å². The third kappa shape index (κ3) is 4.23. The molecule has 0 radical (unpaired) electrons. The average molecular weight is 459 g/mol. The molecule has 2 aromatic rings. The quantitative estimate of drug-likeness (QED) is 0.640. The van der Waals surface area contributed by atoms with Crippen molar-refractivity contribution in [1.29, 1.82) is 0 Å². The smallest absolute Gasteiger partial charge is 0.228 e. The SMILES string of the molecule is CC1=C[C@H](NS(=O)(=NS(=O)(=O)c2ccc(C)cc2)c2ccc(C)cc2)[C@@H]2[C@H](C1)C2(C)C. The number of aryl methyl sites for hydroxylation is 2.